The Hall–Kier alpha value is -2.80. The molecule has 2 aromatic heterocycles. The quantitative estimate of drug-likeness (QED) is 0.788. The van der Waals surface area contributed by atoms with Crippen LogP contribution in [-0.2, 0) is 4.74 Å². The van der Waals surface area contributed by atoms with E-state index < -0.39 is 0 Å². The Bertz CT molecular complexity index is 862. The van der Waals surface area contributed by atoms with Gasteiger partial charge in [0.25, 0.3) is 0 Å². The van der Waals surface area contributed by atoms with Crippen molar-refractivity contribution in [3.8, 4) is 0 Å². The van der Waals surface area contributed by atoms with Crippen LogP contribution in [0.4, 0.5) is 17.5 Å². The minimum Gasteiger partial charge on any atom is -0.372 e. The van der Waals surface area contributed by atoms with Gasteiger partial charge in [-0.05, 0) is 26.0 Å². The number of morpholine rings is 1. The van der Waals surface area contributed by atoms with E-state index in [0.717, 1.165) is 18.8 Å². The summed E-state index contributed by atoms with van der Waals surface area (Å²) in [5.41, 5.74) is 2.19. The Kier molecular flexibility index (Phi) is 4.15. The molecule has 128 valence electrons. The van der Waals surface area contributed by atoms with Crippen LogP contribution in [-0.4, -0.2) is 45.2 Å². The number of nitrogens with one attached hydrogen (secondary N) is 1. The highest BCUT2D eigenvalue weighted by Gasteiger charge is 2.25. The molecule has 0 bridgehead atoms. The second kappa shape index (κ2) is 6.60. The molecule has 3 heterocycles. The van der Waals surface area contributed by atoms with E-state index in [-0.39, 0.29) is 12.2 Å². The number of aromatic nitrogens is 4. The highest BCUT2D eigenvalue weighted by Crippen LogP contribution is 2.25. The van der Waals surface area contributed by atoms with Crippen LogP contribution in [0.5, 0.6) is 0 Å². The molecule has 7 heteroatoms. The van der Waals surface area contributed by atoms with Crippen LogP contribution in [0.3, 0.4) is 0 Å². The minimum absolute atomic E-state index is 0.135. The molecule has 25 heavy (non-hydrogen) atoms. The average Bonchev–Trinajstić information content (AvgIpc) is 2.62. The third kappa shape index (κ3) is 3.36. The van der Waals surface area contributed by atoms with Crippen LogP contribution in [0.1, 0.15) is 13.8 Å². The first-order valence-electron chi connectivity index (χ1n) is 8.40. The number of anilines is 3. The van der Waals surface area contributed by atoms with Gasteiger partial charge in [-0.15, -0.1) is 0 Å². The van der Waals surface area contributed by atoms with E-state index >= 15 is 0 Å². The van der Waals surface area contributed by atoms with Gasteiger partial charge >= 0.3 is 0 Å². The van der Waals surface area contributed by atoms with E-state index in [1.807, 2.05) is 30.3 Å². The van der Waals surface area contributed by atoms with Gasteiger partial charge < -0.3 is 15.0 Å². The molecule has 1 aliphatic rings. The standard InChI is InChI=1S/C18H20N6O/c1-12-10-24(11-13(2)25-12)18-22-16-15(19-8-9-20-16)17(23-18)21-14-6-4-3-5-7-14/h3-9,12-13H,10-11H2,1-2H3,(H,20,21,22,23)/t12-,13-/m1/s1. The van der Waals surface area contributed by atoms with Gasteiger partial charge in [-0.1, -0.05) is 18.2 Å². The number of benzene rings is 1. The average molecular weight is 336 g/mol. The summed E-state index contributed by atoms with van der Waals surface area (Å²) in [5, 5.41) is 3.34. The molecule has 1 aromatic carbocycles. The Balaban J connectivity index is 1.76. The van der Waals surface area contributed by atoms with E-state index in [4.69, 9.17) is 9.72 Å². The first kappa shape index (κ1) is 15.7. The van der Waals surface area contributed by atoms with Crippen molar-refractivity contribution in [2.45, 2.75) is 26.1 Å². The predicted octanol–water partition coefficient (Wildman–Crippen LogP) is 2.78. The van der Waals surface area contributed by atoms with Crippen molar-refractivity contribution in [3.05, 3.63) is 42.7 Å². The summed E-state index contributed by atoms with van der Waals surface area (Å²) in [4.78, 5) is 20.3. The second-order valence-electron chi connectivity index (χ2n) is 6.25. The van der Waals surface area contributed by atoms with Crippen molar-refractivity contribution in [1.29, 1.82) is 0 Å². The zero-order chi connectivity index (χ0) is 17.2. The lowest BCUT2D eigenvalue weighted by Crippen LogP contribution is -2.46. The Labute approximate surface area is 146 Å². The van der Waals surface area contributed by atoms with Crippen LogP contribution in [0.25, 0.3) is 11.2 Å². The van der Waals surface area contributed by atoms with Gasteiger partial charge in [0.1, 0.15) is 0 Å². The molecule has 4 rings (SSSR count). The first-order chi connectivity index (χ1) is 12.2. The fraction of sp³-hybridized carbons (Fsp3) is 0.333. The number of rotatable bonds is 3. The van der Waals surface area contributed by atoms with Crippen molar-refractivity contribution < 1.29 is 4.74 Å². The van der Waals surface area contributed by atoms with Gasteiger partial charge in [0.2, 0.25) is 5.95 Å². The number of hydrogen-bond acceptors (Lipinski definition) is 7. The van der Waals surface area contributed by atoms with Crippen LogP contribution in [0.2, 0.25) is 0 Å². The summed E-state index contributed by atoms with van der Waals surface area (Å²) in [6.45, 7) is 5.63. The van der Waals surface area contributed by atoms with Crippen molar-refractivity contribution in [3.63, 3.8) is 0 Å². The van der Waals surface area contributed by atoms with Crippen LogP contribution >= 0.6 is 0 Å². The molecule has 3 aromatic rings. The monoisotopic (exact) mass is 336 g/mol. The molecule has 0 saturated carbocycles. The van der Waals surface area contributed by atoms with E-state index in [0.29, 0.717) is 22.9 Å². The highest BCUT2D eigenvalue weighted by atomic mass is 16.5. The van der Waals surface area contributed by atoms with E-state index in [9.17, 15) is 0 Å². The van der Waals surface area contributed by atoms with E-state index in [2.05, 4.69) is 39.0 Å². The molecule has 0 amide bonds. The van der Waals surface area contributed by atoms with Crippen LogP contribution < -0.4 is 10.2 Å². The van der Waals surface area contributed by atoms with E-state index in [1.54, 1.807) is 12.4 Å². The largest absolute Gasteiger partial charge is 0.372 e. The summed E-state index contributed by atoms with van der Waals surface area (Å²) in [5.74, 6) is 1.31. The molecular weight excluding hydrogens is 316 g/mol. The summed E-state index contributed by atoms with van der Waals surface area (Å²) < 4.78 is 5.81. The smallest absolute Gasteiger partial charge is 0.229 e. The van der Waals surface area contributed by atoms with Gasteiger partial charge in [-0.3, -0.25) is 0 Å². The van der Waals surface area contributed by atoms with Gasteiger partial charge in [0, 0.05) is 31.2 Å². The Morgan fingerprint density at radius 2 is 1.72 bits per heavy atom. The van der Waals surface area contributed by atoms with Crippen molar-refractivity contribution in [1.82, 2.24) is 19.9 Å². The molecule has 1 aliphatic heterocycles. The maximum absolute atomic E-state index is 5.81. The first-order valence-corrected chi connectivity index (χ1v) is 8.40. The Morgan fingerprint density at radius 1 is 1.00 bits per heavy atom. The number of hydrogen-bond donors (Lipinski definition) is 1. The molecule has 0 radical (unpaired) electrons. The van der Waals surface area contributed by atoms with Crippen molar-refractivity contribution >= 4 is 28.6 Å². The minimum atomic E-state index is 0.135. The number of ether oxygens (including phenoxy) is 1. The lowest BCUT2D eigenvalue weighted by Gasteiger charge is -2.35. The van der Waals surface area contributed by atoms with Crippen molar-refractivity contribution in [2.75, 3.05) is 23.3 Å². The normalized spacial score (nSPS) is 20.6. The maximum Gasteiger partial charge on any atom is 0.229 e. The van der Waals surface area contributed by atoms with Gasteiger partial charge in [-0.2, -0.15) is 9.97 Å². The van der Waals surface area contributed by atoms with Crippen LogP contribution in [0, 0.1) is 0 Å². The van der Waals surface area contributed by atoms with Gasteiger partial charge in [0.05, 0.1) is 12.2 Å². The molecule has 0 aliphatic carbocycles. The fourth-order valence-electron chi connectivity index (χ4n) is 3.08. The fourth-order valence-corrected chi connectivity index (χ4v) is 3.08. The summed E-state index contributed by atoms with van der Waals surface area (Å²) >= 11 is 0. The number of fused-ring (bicyclic) bond motifs is 1. The summed E-state index contributed by atoms with van der Waals surface area (Å²) in [6.07, 6.45) is 3.57. The van der Waals surface area contributed by atoms with Gasteiger partial charge in [0.15, 0.2) is 17.0 Å². The predicted molar refractivity (Wildman–Crippen MR) is 97.1 cm³/mol. The van der Waals surface area contributed by atoms with Gasteiger partial charge in [-0.25, -0.2) is 9.97 Å². The molecule has 2 atom stereocenters. The molecule has 7 nitrogen and oxygen atoms in total. The summed E-state index contributed by atoms with van der Waals surface area (Å²) in [6, 6.07) is 9.91. The van der Waals surface area contributed by atoms with Crippen LogP contribution in [0.15, 0.2) is 42.7 Å². The molecule has 1 fully saturated rings. The third-order valence-corrected chi connectivity index (χ3v) is 4.06. The molecule has 1 N–H and O–H groups in total. The maximum atomic E-state index is 5.81. The lowest BCUT2D eigenvalue weighted by molar-refractivity contribution is -0.00569. The topological polar surface area (TPSA) is 76.1 Å². The molecule has 1 saturated heterocycles. The molecule has 0 unspecified atom stereocenters. The molecule has 0 spiro atoms. The SMILES string of the molecule is C[C@@H]1CN(c2nc(Nc3ccccc3)c3nccnc3n2)C[C@@H](C)O1. The van der Waals surface area contributed by atoms with Crippen molar-refractivity contribution in [2.24, 2.45) is 0 Å². The summed E-state index contributed by atoms with van der Waals surface area (Å²) in [7, 11) is 0. The number of para-hydroxylation sites is 1. The molecular formula is C18H20N6O. The third-order valence-electron chi connectivity index (χ3n) is 4.06. The second-order valence-corrected chi connectivity index (χ2v) is 6.25. The highest BCUT2D eigenvalue weighted by molar-refractivity contribution is 5.85. The zero-order valence-corrected chi connectivity index (χ0v) is 14.3. The Morgan fingerprint density at radius 3 is 2.48 bits per heavy atom. The zero-order valence-electron chi connectivity index (χ0n) is 14.3. The van der Waals surface area contributed by atoms with E-state index in [1.165, 1.54) is 0 Å². The number of nitrogens with zero attached hydrogens (tertiary/aromatic N) is 5. The lowest BCUT2D eigenvalue weighted by atomic mass is 10.2.